The molecule has 1 aromatic carbocycles. The second-order valence-electron chi connectivity index (χ2n) is 4.14. The van der Waals surface area contributed by atoms with Crippen molar-refractivity contribution in [2.24, 2.45) is 0 Å². The van der Waals surface area contributed by atoms with Gasteiger partial charge in [-0.15, -0.1) is 0 Å². The van der Waals surface area contributed by atoms with E-state index in [1.54, 1.807) is 6.07 Å². The molecule has 0 amide bonds. The van der Waals surface area contributed by atoms with Crippen LogP contribution in [-0.2, 0) is 6.54 Å². The molecule has 1 aliphatic carbocycles. The van der Waals surface area contributed by atoms with E-state index in [1.165, 1.54) is 12.8 Å². The average Bonchev–Trinajstić information content (AvgIpc) is 2.99. The summed E-state index contributed by atoms with van der Waals surface area (Å²) in [5.41, 5.74) is 0.00703. The minimum absolute atomic E-state index is 0.00703. The Hall–Kier alpha value is -1.42. The molecule has 1 aromatic heterocycles. The molecule has 0 atom stereocenters. The average molecular weight is 223 g/mol. The number of rotatable bonds is 3. The predicted molar refractivity (Wildman–Crippen MR) is 56.0 cm³/mol. The molecule has 2 nitrogen and oxygen atoms in total. The van der Waals surface area contributed by atoms with Gasteiger partial charge in [0.25, 0.3) is 0 Å². The lowest BCUT2D eigenvalue weighted by Gasteiger charge is -1.97. The standard InChI is InChI=1S/C12H11F2NO/c13-10-3-4-11(14)12-9(10)5-8(16-12)6-15-7-1-2-7/h3-5,7,15H,1-2,6H2. The van der Waals surface area contributed by atoms with Crippen LogP contribution in [0.5, 0.6) is 0 Å². The molecular weight excluding hydrogens is 212 g/mol. The Kier molecular flexibility index (Phi) is 2.17. The summed E-state index contributed by atoms with van der Waals surface area (Å²) < 4.78 is 31.9. The number of nitrogens with one attached hydrogen (secondary N) is 1. The SMILES string of the molecule is Fc1ccc(F)c2oc(CNC3CC3)cc12. The first-order valence-electron chi connectivity index (χ1n) is 5.34. The van der Waals surface area contributed by atoms with E-state index in [9.17, 15) is 8.78 Å². The van der Waals surface area contributed by atoms with Crippen LogP contribution in [0.1, 0.15) is 18.6 Å². The Morgan fingerprint density at radius 1 is 1.25 bits per heavy atom. The maximum absolute atomic E-state index is 13.3. The van der Waals surface area contributed by atoms with Crippen molar-refractivity contribution in [3.05, 3.63) is 35.6 Å². The molecule has 0 saturated heterocycles. The quantitative estimate of drug-likeness (QED) is 0.865. The van der Waals surface area contributed by atoms with Gasteiger partial charge in [0, 0.05) is 6.04 Å². The van der Waals surface area contributed by atoms with E-state index in [1.807, 2.05) is 0 Å². The van der Waals surface area contributed by atoms with Gasteiger partial charge in [0.15, 0.2) is 11.4 Å². The molecule has 1 heterocycles. The van der Waals surface area contributed by atoms with E-state index in [-0.39, 0.29) is 11.0 Å². The summed E-state index contributed by atoms with van der Waals surface area (Å²) in [5.74, 6) is -0.391. The number of furan rings is 1. The van der Waals surface area contributed by atoms with Crippen LogP contribution in [0.15, 0.2) is 22.6 Å². The van der Waals surface area contributed by atoms with Gasteiger partial charge in [-0.05, 0) is 31.0 Å². The molecule has 0 unspecified atom stereocenters. The Labute approximate surface area is 91.2 Å². The Bertz CT molecular complexity index is 492. The largest absolute Gasteiger partial charge is 0.457 e. The van der Waals surface area contributed by atoms with Crippen molar-refractivity contribution in [2.45, 2.75) is 25.4 Å². The van der Waals surface area contributed by atoms with Crippen LogP contribution >= 0.6 is 0 Å². The fourth-order valence-electron chi connectivity index (χ4n) is 1.73. The van der Waals surface area contributed by atoms with E-state index < -0.39 is 11.6 Å². The summed E-state index contributed by atoms with van der Waals surface area (Å²) in [6, 6.07) is 4.30. The molecule has 0 spiro atoms. The van der Waals surface area contributed by atoms with Crippen molar-refractivity contribution in [1.29, 1.82) is 0 Å². The fourth-order valence-corrected chi connectivity index (χ4v) is 1.73. The van der Waals surface area contributed by atoms with Crippen molar-refractivity contribution in [2.75, 3.05) is 0 Å². The van der Waals surface area contributed by atoms with E-state index in [0.29, 0.717) is 18.3 Å². The summed E-state index contributed by atoms with van der Waals surface area (Å²) in [6.45, 7) is 0.526. The highest BCUT2D eigenvalue weighted by Crippen LogP contribution is 2.26. The lowest BCUT2D eigenvalue weighted by Crippen LogP contribution is -2.14. The van der Waals surface area contributed by atoms with Crippen molar-refractivity contribution in [1.82, 2.24) is 5.32 Å². The van der Waals surface area contributed by atoms with Gasteiger partial charge >= 0.3 is 0 Å². The van der Waals surface area contributed by atoms with Crippen molar-refractivity contribution >= 4 is 11.0 Å². The molecule has 0 bridgehead atoms. The molecule has 4 heteroatoms. The van der Waals surface area contributed by atoms with E-state index >= 15 is 0 Å². The zero-order valence-corrected chi connectivity index (χ0v) is 8.59. The monoisotopic (exact) mass is 223 g/mol. The summed E-state index contributed by atoms with van der Waals surface area (Å²) in [7, 11) is 0. The van der Waals surface area contributed by atoms with Gasteiger partial charge in [0.05, 0.1) is 11.9 Å². The third-order valence-electron chi connectivity index (χ3n) is 2.78. The van der Waals surface area contributed by atoms with Crippen LogP contribution in [0.2, 0.25) is 0 Å². The number of hydrogen-bond acceptors (Lipinski definition) is 2. The molecule has 1 fully saturated rings. The molecule has 84 valence electrons. The Morgan fingerprint density at radius 3 is 2.69 bits per heavy atom. The Balaban J connectivity index is 1.94. The number of benzene rings is 1. The highest BCUT2D eigenvalue weighted by molar-refractivity contribution is 5.79. The molecule has 0 aliphatic heterocycles. The Morgan fingerprint density at radius 2 is 2.00 bits per heavy atom. The normalized spacial score (nSPS) is 15.9. The van der Waals surface area contributed by atoms with Crippen molar-refractivity contribution in [3.8, 4) is 0 Å². The first-order chi connectivity index (χ1) is 7.74. The lowest BCUT2D eigenvalue weighted by molar-refractivity contribution is 0.493. The van der Waals surface area contributed by atoms with Crippen LogP contribution in [-0.4, -0.2) is 6.04 Å². The first-order valence-corrected chi connectivity index (χ1v) is 5.34. The van der Waals surface area contributed by atoms with Gasteiger partial charge in [-0.25, -0.2) is 8.78 Å². The number of halogens is 2. The van der Waals surface area contributed by atoms with Gasteiger partial charge in [0.1, 0.15) is 11.6 Å². The zero-order chi connectivity index (χ0) is 11.1. The highest BCUT2D eigenvalue weighted by Gasteiger charge is 2.21. The van der Waals surface area contributed by atoms with Crippen LogP contribution < -0.4 is 5.32 Å². The topological polar surface area (TPSA) is 25.2 Å². The highest BCUT2D eigenvalue weighted by atomic mass is 19.1. The smallest absolute Gasteiger partial charge is 0.172 e. The van der Waals surface area contributed by atoms with Crippen LogP contribution in [0.3, 0.4) is 0 Å². The molecule has 1 N–H and O–H groups in total. The summed E-state index contributed by atoms with van der Waals surface area (Å²) >= 11 is 0. The molecular formula is C12H11F2NO. The van der Waals surface area contributed by atoms with E-state index in [2.05, 4.69) is 5.32 Å². The molecule has 0 radical (unpaired) electrons. The number of fused-ring (bicyclic) bond motifs is 1. The minimum atomic E-state index is -0.519. The minimum Gasteiger partial charge on any atom is -0.457 e. The van der Waals surface area contributed by atoms with Gasteiger partial charge in [-0.2, -0.15) is 0 Å². The van der Waals surface area contributed by atoms with E-state index in [4.69, 9.17) is 4.42 Å². The summed E-state index contributed by atoms with van der Waals surface area (Å²) in [6.07, 6.45) is 2.34. The van der Waals surface area contributed by atoms with Crippen LogP contribution in [0.25, 0.3) is 11.0 Å². The molecule has 3 rings (SSSR count). The molecule has 1 aliphatic rings. The second kappa shape index (κ2) is 3.56. The maximum atomic E-state index is 13.3. The summed E-state index contributed by atoms with van der Waals surface area (Å²) in [4.78, 5) is 0. The van der Waals surface area contributed by atoms with E-state index in [0.717, 1.165) is 12.1 Å². The summed E-state index contributed by atoms with van der Waals surface area (Å²) in [5, 5.41) is 3.45. The maximum Gasteiger partial charge on any atom is 0.172 e. The van der Waals surface area contributed by atoms with Crippen molar-refractivity contribution < 1.29 is 13.2 Å². The van der Waals surface area contributed by atoms with Gasteiger partial charge < -0.3 is 9.73 Å². The van der Waals surface area contributed by atoms with Crippen LogP contribution in [0.4, 0.5) is 8.78 Å². The molecule has 16 heavy (non-hydrogen) atoms. The molecule has 1 saturated carbocycles. The van der Waals surface area contributed by atoms with Crippen molar-refractivity contribution in [3.63, 3.8) is 0 Å². The van der Waals surface area contributed by atoms with Crippen LogP contribution in [0, 0.1) is 11.6 Å². The fraction of sp³-hybridized carbons (Fsp3) is 0.333. The number of hydrogen-bond donors (Lipinski definition) is 1. The third-order valence-corrected chi connectivity index (χ3v) is 2.78. The van der Waals surface area contributed by atoms with Gasteiger partial charge in [0.2, 0.25) is 0 Å². The lowest BCUT2D eigenvalue weighted by atomic mass is 10.2. The van der Waals surface area contributed by atoms with Gasteiger partial charge in [-0.1, -0.05) is 0 Å². The first kappa shape index (κ1) is 9.78. The predicted octanol–water partition coefficient (Wildman–Crippen LogP) is 2.96. The zero-order valence-electron chi connectivity index (χ0n) is 8.59. The molecule has 2 aromatic rings. The third kappa shape index (κ3) is 1.69. The second-order valence-corrected chi connectivity index (χ2v) is 4.14. The van der Waals surface area contributed by atoms with Gasteiger partial charge in [-0.3, -0.25) is 0 Å².